The highest BCUT2D eigenvalue weighted by molar-refractivity contribution is 5.90. The molecule has 0 spiro atoms. The molecule has 114 valence electrons. The van der Waals surface area contributed by atoms with Gasteiger partial charge in [0.1, 0.15) is 6.04 Å². The van der Waals surface area contributed by atoms with Crippen molar-refractivity contribution < 1.29 is 9.59 Å². The van der Waals surface area contributed by atoms with Gasteiger partial charge in [0.2, 0.25) is 11.8 Å². The number of hydrogen-bond acceptors (Lipinski definition) is 3. The van der Waals surface area contributed by atoms with E-state index in [9.17, 15) is 9.59 Å². The lowest BCUT2D eigenvalue weighted by molar-refractivity contribution is -0.136. The van der Waals surface area contributed by atoms with E-state index in [2.05, 4.69) is 24.1 Å². The first-order valence-corrected chi connectivity index (χ1v) is 7.47. The third-order valence-electron chi connectivity index (χ3n) is 3.69. The van der Waals surface area contributed by atoms with E-state index in [1.807, 2.05) is 25.1 Å². The summed E-state index contributed by atoms with van der Waals surface area (Å²) in [6.45, 7) is 6.47. The van der Waals surface area contributed by atoms with E-state index in [-0.39, 0.29) is 17.9 Å². The largest absolute Gasteiger partial charge is 0.344 e. The van der Waals surface area contributed by atoms with Crippen LogP contribution in [-0.4, -0.2) is 33.8 Å². The second kappa shape index (κ2) is 6.70. The molecule has 1 aromatic rings. The second-order valence-corrected chi connectivity index (χ2v) is 6.09. The standard InChI is InChI=1S/C16H23N3O2/c1-11(2)8-14-16(21)19(12(3)9-15(20)18-14)10-13-6-4-5-7-17-13/h4-7,11-12,14H,8-10H2,1-3H3,(H,18,20). The third kappa shape index (κ3) is 4.03. The van der Waals surface area contributed by atoms with Gasteiger partial charge in [-0.05, 0) is 31.4 Å². The van der Waals surface area contributed by atoms with Crippen molar-refractivity contribution in [3.63, 3.8) is 0 Å². The van der Waals surface area contributed by atoms with E-state index in [4.69, 9.17) is 0 Å². The van der Waals surface area contributed by atoms with Crippen LogP contribution in [0.25, 0.3) is 0 Å². The Bertz CT molecular complexity index is 502. The molecule has 5 nitrogen and oxygen atoms in total. The quantitative estimate of drug-likeness (QED) is 0.918. The maximum absolute atomic E-state index is 12.7. The molecule has 1 saturated heterocycles. The van der Waals surface area contributed by atoms with E-state index >= 15 is 0 Å². The van der Waals surface area contributed by atoms with Gasteiger partial charge in [-0.25, -0.2) is 0 Å². The van der Waals surface area contributed by atoms with Crippen molar-refractivity contribution in [3.8, 4) is 0 Å². The van der Waals surface area contributed by atoms with Gasteiger partial charge in [0.25, 0.3) is 0 Å². The summed E-state index contributed by atoms with van der Waals surface area (Å²) < 4.78 is 0. The number of nitrogens with one attached hydrogen (secondary N) is 1. The average Bonchev–Trinajstić information content (AvgIpc) is 2.51. The van der Waals surface area contributed by atoms with Gasteiger partial charge in [-0.2, -0.15) is 0 Å². The summed E-state index contributed by atoms with van der Waals surface area (Å²) >= 11 is 0. The first kappa shape index (κ1) is 15.5. The van der Waals surface area contributed by atoms with Crippen LogP contribution in [-0.2, 0) is 16.1 Å². The molecule has 1 aromatic heterocycles. The minimum Gasteiger partial charge on any atom is -0.344 e. The SMILES string of the molecule is CC(C)CC1NC(=O)CC(C)N(Cc2ccccn2)C1=O. The molecule has 0 bridgehead atoms. The van der Waals surface area contributed by atoms with E-state index in [1.54, 1.807) is 11.1 Å². The first-order chi connectivity index (χ1) is 9.97. The fraction of sp³-hybridized carbons (Fsp3) is 0.562. The Labute approximate surface area is 125 Å². The minimum absolute atomic E-state index is 0.00676. The molecule has 1 N–H and O–H groups in total. The highest BCUT2D eigenvalue weighted by atomic mass is 16.2. The molecular weight excluding hydrogens is 266 g/mol. The zero-order valence-corrected chi connectivity index (χ0v) is 12.9. The summed E-state index contributed by atoms with van der Waals surface area (Å²) in [5.41, 5.74) is 0.843. The van der Waals surface area contributed by atoms with Gasteiger partial charge in [0, 0.05) is 18.7 Å². The van der Waals surface area contributed by atoms with Crippen LogP contribution in [0.4, 0.5) is 0 Å². The predicted octanol–water partition coefficient (Wildman–Crippen LogP) is 1.73. The van der Waals surface area contributed by atoms with Crippen LogP contribution in [0.2, 0.25) is 0 Å². The zero-order chi connectivity index (χ0) is 15.4. The monoisotopic (exact) mass is 289 g/mol. The predicted molar refractivity (Wildman–Crippen MR) is 80.3 cm³/mol. The van der Waals surface area contributed by atoms with E-state index in [0.29, 0.717) is 25.3 Å². The number of amides is 2. The van der Waals surface area contributed by atoms with Crippen molar-refractivity contribution in [1.82, 2.24) is 15.2 Å². The summed E-state index contributed by atoms with van der Waals surface area (Å²) in [6, 6.07) is 5.12. The molecule has 21 heavy (non-hydrogen) atoms. The van der Waals surface area contributed by atoms with Crippen LogP contribution in [0, 0.1) is 5.92 Å². The molecule has 1 aliphatic heterocycles. The summed E-state index contributed by atoms with van der Waals surface area (Å²) in [7, 11) is 0. The van der Waals surface area contributed by atoms with Gasteiger partial charge in [0.05, 0.1) is 12.2 Å². The molecular formula is C16H23N3O2. The molecule has 0 saturated carbocycles. The van der Waals surface area contributed by atoms with Crippen LogP contribution < -0.4 is 5.32 Å². The molecule has 5 heteroatoms. The van der Waals surface area contributed by atoms with Crippen molar-refractivity contribution in [2.75, 3.05) is 0 Å². The van der Waals surface area contributed by atoms with Gasteiger partial charge in [-0.3, -0.25) is 14.6 Å². The van der Waals surface area contributed by atoms with Crippen LogP contribution in [0.15, 0.2) is 24.4 Å². The lowest BCUT2D eigenvalue weighted by Gasteiger charge is -2.29. The van der Waals surface area contributed by atoms with Crippen LogP contribution in [0.5, 0.6) is 0 Å². The molecule has 1 aliphatic rings. The number of rotatable bonds is 4. The highest BCUT2D eigenvalue weighted by Crippen LogP contribution is 2.18. The normalized spacial score (nSPS) is 23.1. The first-order valence-electron chi connectivity index (χ1n) is 7.47. The molecule has 2 heterocycles. The fourth-order valence-electron chi connectivity index (χ4n) is 2.64. The molecule has 1 fully saturated rings. The maximum atomic E-state index is 12.7. The number of aromatic nitrogens is 1. The lowest BCUT2D eigenvalue weighted by Crippen LogP contribution is -2.46. The molecule has 2 amide bonds. The molecule has 0 aliphatic carbocycles. The maximum Gasteiger partial charge on any atom is 0.245 e. The Morgan fingerprint density at radius 2 is 2.14 bits per heavy atom. The number of pyridine rings is 1. The smallest absolute Gasteiger partial charge is 0.245 e. The number of carbonyl (C=O) groups is 2. The van der Waals surface area contributed by atoms with E-state index < -0.39 is 6.04 Å². The molecule has 0 aromatic carbocycles. The Hall–Kier alpha value is -1.91. The van der Waals surface area contributed by atoms with E-state index in [1.165, 1.54) is 0 Å². The van der Waals surface area contributed by atoms with Crippen LogP contribution >= 0.6 is 0 Å². The second-order valence-electron chi connectivity index (χ2n) is 6.09. The third-order valence-corrected chi connectivity index (χ3v) is 3.69. The summed E-state index contributed by atoms with van der Waals surface area (Å²) in [5, 5.41) is 2.86. The van der Waals surface area contributed by atoms with Crippen molar-refractivity contribution in [3.05, 3.63) is 30.1 Å². The fourth-order valence-corrected chi connectivity index (χ4v) is 2.64. The van der Waals surface area contributed by atoms with Gasteiger partial charge in [-0.1, -0.05) is 19.9 Å². The van der Waals surface area contributed by atoms with Crippen molar-refractivity contribution in [2.24, 2.45) is 5.92 Å². The Morgan fingerprint density at radius 3 is 2.76 bits per heavy atom. The number of nitrogens with zero attached hydrogens (tertiary/aromatic N) is 2. The molecule has 2 rings (SSSR count). The minimum atomic E-state index is -0.425. The Morgan fingerprint density at radius 1 is 1.38 bits per heavy atom. The summed E-state index contributed by atoms with van der Waals surface area (Å²) in [4.78, 5) is 30.7. The van der Waals surface area contributed by atoms with Crippen molar-refractivity contribution in [2.45, 2.75) is 52.2 Å². The Balaban J connectivity index is 2.19. The highest BCUT2D eigenvalue weighted by Gasteiger charge is 2.34. The summed E-state index contributed by atoms with van der Waals surface area (Å²) in [6.07, 6.45) is 2.72. The molecule has 2 atom stereocenters. The van der Waals surface area contributed by atoms with Crippen LogP contribution in [0.1, 0.15) is 39.3 Å². The average molecular weight is 289 g/mol. The lowest BCUT2D eigenvalue weighted by atomic mass is 10.0. The Kier molecular flexibility index (Phi) is 4.94. The van der Waals surface area contributed by atoms with Crippen LogP contribution in [0.3, 0.4) is 0 Å². The van der Waals surface area contributed by atoms with Crippen molar-refractivity contribution >= 4 is 11.8 Å². The molecule has 0 radical (unpaired) electrons. The topological polar surface area (TPSA) is 62.3 Å². The van der Waals surface area contributed by atoms with Gasteiger partial charge < -0.3 is 10.2 Å². The van der Waals surface area contributed by atoms with Gasteiger partial charge in [-0.15, -0.1) is 0 Å². The number of carbonyl (C=O) groups excluding carboxylic acids is 2. The summed E-state index contributed by atoms with van der Waals surface area (Å²) in [5.74, 6) is 0.294. The number of hydrogen-bond donors (Lipinski definition) is 1. The van der Waals surface area contributed by atoms with Crippen molar-refractivity contribution in [1.29, 1.82) is 0 Å². The van der Waals surface area contributed by atoms with Gasteiger partial charge in [0.15, 0.2) is 0 Å². The zero-order valence-electron chi connectivity index (χ0n) is 12.9. The molecule has 2 unspecified atom stereocenters. The van der Waals surface area contributed by atoms with E-state index in [0.717, 1.165) is 5.69 Å². The van der Waals surface area contributed by atoms with Gasteiger partial charge >= 0.3 is 0 Å².